The van der Waals surface area contributed by atoms with Gasteiger partial charge in [-0.15, -0.1) is 0 Å². The predicted octanol–water partition coefficient (Wildman–Crippen LogP) is 4.28. The van der Waals surface area contributed by atoms with Crippen LogP contribution >= 0.6 is 0 Å². The molecule has 0 atom stereocenters. The van der Waals surface area contributed by atoms with Gasteiger partial charge in [0.05, 0.1) is 10.6 Å². The molecule has 0 unspecified atom stereocenters. The average Bonchev–Trinajstić information content (AvgIpc) is 3.23. The number of nitro benzene ring substituents is 1. The number of para-hydroxylation sites is 1. The molecule has 0 aliphatic heterocycles. The van der Waals surface area contributed by atoms with Crippen molar-refractivity contribution in [3.63, 3.8) is 0 Å². The summed E-state index contributed by atoms with van der Waals surface area (Å²) in [7, 11) is -4.26. The largest absolute Gasteiger partial charge is 0.437 e. The highest BCUT2D eigenvalue weighted by atomic mass is 32.2. The van der Waals surface area contributed by atoms with Crippen molar-refractivity contribution >= 4 is 21.6 Å². The molecule has 0 aliphatic rings. The summed E-state index contributed by atoms with van der Waals surface area (Å²) in [5, 5.41) is 18.7. The minimum Gasteiger partial charge on any atom is -0.437 e. The van der Waals surface area contributed by atoms with Crippen LogP contribution in [0.2, 0.25) is 0 Å². The molecule has 0 radical (unpaired) electrons. The Labute approximate surface area is 231 Å². The van der Waals surface area contributed by atoms with E-state index in [9.17, 15) is 23.3 Å². The second-order valence-corrected chi connectivity index (χ2v) is 11.6. The van der Waals surface area contributed by atoms with Gasteiger partial charge in [-0.3, -0.25) is 19.9 Å². The molecule has 2 aromatic heterocycles. The number of ether oxygens (including phenoxy) is 1. The quantitative estimate of drug-likeness (QED) is 0.225. The van der Waals surface area contributed by atoms with E-state index in [1.54, 1.807) is 76.5 Å². The summed E-state index contributed by atoms with van der Waals surface area (Å²) in [6, 6.07) is 15.7. The highest BCUT2D eigenvalue weighted by Gasteiger charge is 2.30. The summed E-state index contributed by atoms with van der Waals surface area (Å²) in [5.74, 6) is -0.588. The van der Waals surface area contributed by atoms with Gasteiger partial charge in [0.15, 0.2) is 5.69 Å². The number of rotatable bonds is 9. The van der Waals surface area contributed by atoms with Crippen LogP contribution in [0.25, 0.3) is 5.69 Å². The second-order valence-electron chi connectivity index (χ2n) is 9.92. The summed E-state index contributed by atoms with van der Waals surface area (Å²) < 4.78 is 36.6. The van der Waals surface area contributed by atoms with Crippen molar-refractivity contribution in [2.75, 3.05) is 0 Å². The molecular weight excluding hydrogens is 536 g/mol. The lowest BCUT2D eigenvalue weighted by atomic mass is 10.1. The van der Waals surface area contributed by atoms with Gasteiger partial charge in [-0.05, 0) is 57.5 Å². The molecule has 4 rings (SSSR count). The first-order chi connectivity index (χ1) is 18.9. The van der Waals surface area contributed by atoms with E-state index in [1.165, 1.54) is 10.7 Å². The lowest BCUT2D eigenvalue weighted by Crippen LogP contribution is -2.40. The van der Waals surface area contributed by atoms with Crippen LogP contribution in [0.15, 0.2) is 78.0 Å². The minimum absolute atomic E-state index is 0.0573. The van der Waals surface area contributed by atoms with Gasteiger partial charge >= 0.3 is 0 Å². The molecule has 0 saturated heterocycles. The molecule has 208 valence electrons. The van der Waals surface area contributed by atoms with E-state index in [-0.39, 0.29) is 23.9 Å². The topological polar surface area (TPSA) is 158 Å². The lowest BCUT2D eigenvalue weighted by Gasteiger charge is -2.21. The van der Waals surface area contributed by atoms with Crippen molar-refractivity contribution in [3.05, 3.63) is 100.0 Å². The van der Waals surface area contributed by atoms with Crippen LogP contribution in [0.3, 0.4) is 0 Å². The monoisotopic (exact) mass is 564 g/mol. The van der Waals surface area contributed by atoms with Crippen molar-refractivity contribution in [1.82, 2.24) is 24.8 Å². The number of non-ortho nitro benzene ring substituents is 1. The maximum atomic E-state index is 13.3. The fraction of sp³-hybridized carbons (Fsp3) is 0.222. The Morgan fingerprint density at radius 2 is 1.82 bits per heavy atom. The Morgan fingerprint density at radius 1 is 1.10 bits per heavy atom. The number of carbonyl (C=O) groups is 1. The van der Waals surface area contributed by atoms with E-state index in [2.05, 4.69) is 20.1 Å². The van der Waals surface area contributed by atoms with E-state index in [0.29, 0.717) is 11.3 Å². The number of amides is 1. The fourth-order valence-corrected chi connectivity index (χ4v) is 5.36. The van der Waals surface area contributed by atoms with Crippen LogP contribution in [0, 0.1) is 17.0 Å². The second kappa shape index (κ2) is 11.2. The van der Waals surface area contributed by atoms with Crippen molar-refractivity contribution in [2.45, 2.75) is 44.7 Å². The number of pyridine rings is 1. The first kappa shape index (κ1) is 28.4. The Kier molecular flexibility index (Phi) is 7.98. The summed E-state index contributed by atoms with van der Waals surface area (Å²) in [6.45, 7) is 6.77. The first-order valence-electron chi connectivity index (χ1n) is 12.2. The number of hydrogen-bond acceptors (Lipinski definition) is 8. The van der Waals surface area contributed by atoms with E-state index in [1.807, 2.05) is 6.07 Å². The third-order valence-electron chi connectivity index (χ3n) is 5.53. The van der Waals surface area contributed by atoms with Crippen molar-refractivity contribution < 1.29 is 22.9 Å². The smallest absolute Gasteiger partial charge is 0.272 e. The maximum Gasteiger partial charge on any atom is 0.272 e. The molecule has 13 heteroatoms. The zero-order valence-corrected chi connectivity index (χ0v) is 23.1. The molecule has 2 aromatic carbocycles. The highest BCUT2D eigenvalue weighted by Crippen LogP contribution is 2.36. The highest BCUT2D eigenvalue weighted by molar-refractivity contribution is 7.89. The zero-order valence-electron chi connectivity index (χ0n) is 22.3. The molecule has 0 bridgehead atoms. The van der Waals surface area contributed by atoms with E-state index < -0.39 is 37.0 Å². The van der Waals surface area contributed by atoms with Gasteiger partial charge in [-0.2, -0.15) is 9.78 Å². The summed E-state index contributed by atoms with van der Waals surface area (Å²) in [5.41, 5.74) is 0.429. The Morgan fingerprint density at radius 3 is 2.45 bits per heavy atom. The van der Waals surface area contributed by atoms with Gasteiger partial charge in [0.2, 0.25) is 15.9 Å². The molecule has 2 N–H and O–H groups in total. The van der Waals surface area contributed by atoms with Crippen LogP contribution in [-0.4, -0.2) is 39.6 Å². The Balaban J connectivity index is 1.79. The van der Waals surface area contributed by atoms with Crippen LogP contribution in [-0.2, 0) is 16.6 Å². The normalized spacial score (nSPS) is 11.7. The average molecular weight is 565 g/mol. The number of nitrogens with zero attached hydrogens (tertiary/aromatic N) is 4. The molecule has 0 fully saturated rings. The predicted molar refractivity (Wildman–Crippen MR) is 147 cm³/mol. The van der Waals surface area contributed by atoms with Crippen LogP contribution in [0.4, 0.5) is 5.69 Å². The summed E-state index contributed by atoms with van der Waals surface area (Å²) in [6.07, 6.45) is 3.26. The number of sulfonamides is 1. The number of hydrogen-bond donors (Lipinski definition) is 2. The van der Waals surface area contributed by atoms with Gasteiger partial charge < -0.3 is 10.1 Å². The minimum atomic E-state index is -4.26. The van der Waals surface area contributed by atoms with Crippen LogP contribution in [0.5, 0.6) is 11.6 Å². The molecule has 0 aliphatic carbocycles. The molecule has 0 spiro atoms. The number of nitrogens with one attached hydrogen (secondary N) is 2. The maximum absolute atomic E-state index is 13.3. The first-order valence-corrected chi connectivity index (χ1v) is 13.7. The van der Waals surface area contributed by atoms with Crippen LogP contribution in [0.1, 0.15) is 42.4 Å². The van der Waals surface area contributed by atoms with E-state index >= 15 is 0 Å². The molecule has 4 aromatic rings. The van der Waals surface area contributed by atoms with E-state index in [0.717, 1.165) is 17.7 Å². The third-order valence-corrected chi connectivity index (χ3v) is 7.31. The number of aromatic nitrogens is 3. The standard InChI is InChI=1S/C27H28N6O6S/c1-18-24(25(34)29-17-19-9-8-14-28-16-19)30-32(20-10-6-5-7-11-20)26(18)39-22-13-12-21(33(35)36)15-23(22)40(37,38)31-27(2,3)4/h5-16,31H,17H2,1-4H3,(H,29,34). The molecule has 2 heterocycles. The van der Waals surface area contributed by atoms with Gasteiger partial charge in [0.25, 0.3) is 11.6 Å². The molecule has 1 amide bonds. The van der Waals surface area contributed by atoms with Crippen molar-refractivity contribution in [2.24, 2.45) is 0 Å². The molecule has 12 nitrogen and oxygen atoms in total. The third kappa shape index (κ3) is 6.50. The van der Waals surface area contributed by atoms with Crippen molar-refractivity contribution in [1.29, 1.82) is 0 Å². The van der Waals surface area contributed by atoms with Gasteiger partial charge in [0.1, 0.15) is 10.6 Å². The molecule has 0 saturated carbocycles. The summed E-state index contributed by atoms with van der Waals surface area (Å²) >= 11 is 0. The van der Waals surface area contributed by atoms with Crippen LogP contribution < -0.4 is 14.8 Å². The van der Waals surface area contributed by atoms with Gasteiger partial charge in [-0.25, -0.2) is 13.1 Å². The number of nitro groups is 1. The van der Waals surface area contributed by atoms with Gasteiger partial charge in [-0.1, -0.05) is 24.3 Å². The SMILES string of the molecule is Cc1c(C(=O)NCc2cccnc2)nn(-c2ccccc2)c1Oc1ccc([N+](=O)[O-])cc1S(=O)(=O)NC(C)(C)C. The zero-order chi connectivity index (χ0) is 29.1. The summed E-state index contributed by atoms with van der Waals surface area (Å²) in [4.78, 5) is 27.5. The van der Waals surface area contributed by atoms with Gasteiger partial charge in [0, 0.05) is 42.2 Å². The van der Waals surface area contributed by atoms with E-state index in [4.69, 9.17) is 4.74 Å². The fourth-order valence-electron chi connectivity index (χ4n) is 3.80. The lowest BCUT2D eigenvalue weighted by molar-refractivity contribution is -0.385. The Bertz CT molecular complexity index is 1650. The molecule has 40 heavy (non-hydrogen) atoms. The number of carbonyl (C=O) groups excluding carboxylic acids is 1. The molecular formula is C27H28N6O6S. The Hall–Kier alpha value is -4.62. The van der Waals surface area contributed by atoms with Crippen molar-refractivity contribution in [3.8, 4) is 17.3 Å². The number of benzene rings is 2.